The Bertz CT molecular complexity index is 1320. The molecule has 3 aromatic heterocycles. The Hall–Kier alpha value is -3.90. The third-order valence-electron chi connectivity index (χ3n) is 6.87. The summed E-state index contributed by atoms with van der Waals surface area (Å²) in [4.78, 5) is 34.3. The second-order valence-electron chi connectivity index (χ2n) is 9.13. The molecule has 2 aliphatic heterocycles. The number of hydrogen-bond acceptors (Lipinski definition) is 7. The van der Waals surface area contributed by atoms with Gasteiger partial charge in [-0.25, -0.2) is 19.3 Å². The van der Waals surface area contributed by atoms with E-state index in [1.165, 1.54) is 6.07 Å². The summed E-state index contributed by atoms with van der Waals surface area (Å²) in [5.74, 6) is -0.937. The standard InChI is InChI=1S/C22H20F3N7O3/c23-22(24,25)12-1-2-17(27-8-12)35-16-10-31(11-21(16)3-4-21)15-7-14(30-32-6-5-26-18(15)32)13-9-28-20(34)29-19(13)33/h1-2,5-8,13,16H,3-4,9-11H2,(H2,28,29,33,34). The maximum Gasteiger partial charge on any atom is 0.417 e. The topological polar surface area (TPSA) is 114 Å². The van der Waals surface area contributed by atoms with Crippen molar-refractivity contribution < 1.29 is 27.5 Å². The van der Waals surface area contributed by atoms with Gasteiger partial charge in [-0.3, -0.25) is 10.1 Å². The molecule has 2 unspecified atom stereocenters. The van der Waals surface area contributed by atoms with Gasteiger partial charge in [-0.2, -0.15) is 18.3 Å². The van der Waals surface area contributed by atoms with Crippen LogP contribution in [0.4, 0.5) is 23.7 Å². The second kappa shape index (κ2) is 7.55. The highest BCUT2D eigenvalue weighted by molar-refractivity contribution is 6.00. The van der Waals surface area contributed by atoms with Gasteiger partial charge in [-0.15, -0.1) is 0 Å². The van der Waals surface area contributed by atoms with Gasteiger partial charge in [0, 0.05) is 43.2 Å². The molecule has 5 heterocycles. The molecule has 2 N–H and O–H groups in total. The molecule has 35 heavy (non-hydrogen) atoms. The number of urea groups is 1. The van der Waals surface area contributed by atoms with Crippen LogP contribution in [0.3, 0.4) is 0 Å². The van der Waals surface area contributed by atoms with Gasteiger partial charge in [0.15, 0.2) is 5.65 Å². The van der Waals surface area contributed by atoms with Crippen LogP contribution in [0.1, 0.15) is 30.0 Å². The van der Waals surface area contributed by atoms with Crippen LogP contribution < -0.4 is 20.3 Å². The molecule has 3 aliphatic rings. The molecule has 1 spiro atoms. The van der Waals surface area contributed by atoms with Crippen molar-refractivity contribution in [2.45, 2.75) is 31.0 Å². The van der Waals surface area contributed by atoms with Gasteiger partial charge >= 0.3 is 12.2 Å². The van der Waals surface area contributed by atoms with Crippen molar-refractivity contribution >= 4 is 23.3 Å². The van der Waals surface area contributed by atoms with Crippen molar-refractivity contribution in [3.8, 4) is 5.88 Å². The smallest absolute Gasteiger partial charge is 0.417 e. The maximum atomic E-state index is 12.9. The minimum absolute atomic E-state index is 0.131. The van der Waals surface area contributed by atoms with Gasteiger partial charge in [0.1, 0.15) is 6.10 Å². The molecule has 2 atom stereocenters. The van der Waals surface area contributed by atoms with Crippen molar-refractivity contribution in [1.82, 2.24) is 30.2 Å². The summed E-state index contributed by atoms with van der Waals surface area (Å²) in [5.41, 5.74) is 0.906. The van der Waals surface area contributed by atoms with Gasteiger partial charge in [0.2, 0.25) is 11.8 Å². The number of halogens is 3. The molecular weight excluding hydrogens is 467 g/mol. The number of pyridine rings is 1. The highest BCUT2D eigenvalue weighted by Gasteiger charge is 2.57. The molecular formula is C22H20F3N7O3. The number of carbonyl (C=O) groups excluding carboxylic acids is 2. The third kappa shape index (κ3) is 3.80. The first-order valence-corrected chi connectivity index (χ1v) is 11.1. The van der Waals surface area contributed by atoms with E-state index in [0.29, 0.717) is 24.4 Å². The molecule has 1 aliphatic carbocycles. The lowest BCUT2D eigenvalue weighted by Gasteiger charge is -2.24. The molecule has 0 aromatic carbocycles. The first-order chi connectivity index (χ1) is 16.7. The van der Waals surface area contributed by atoms with Gasteiger partial charge < -0.3 is 15.0 Å². The monoisotopic (exact) mass is 487 g/mol. The molecule has 182 valence electrons. The molecule has 0 bridgehead atoms. The zero-order chi connectivity index (χ0) is 24.4. The molecule has 13 heteroatoms. The fraction of sp³-hybridized carbons (Fsp3) is 0.409. The molecule has 2 saturated heterocycles. The number of carbonyl (C=O) groups is 2. The Labute approximate surface area is 196 Å². The van der Waals surface area contributed by atoms with Crippen LogP contribution in [0.5, 0.6) is 5.88 Å². The lowest BCUT2D eigenvalue weighted by Crippen LogP contribution is -2.51. The van der Waals surface area contributed by atoms with Crippen LogP contribution in [-0.2, 0) is 11.0 Å². The molecule has 3 aromatic rings. The number of aromatic nitrogens is 4. The number of amides is 3. The van der Waals surface area contributed by atoms with E-state index in [2.05, 4.69) is 30.6 Å². The quantitative estimate of drug-likeness (QED) is 0.580. The van der Waals surface area contributed by atoms with Gasteiger partial charge in [-0.05, 0) is 25.0 Å². The van der Waals surface area contributed by atoms with E-state index < -0.39 is 29.6 Å². The van der Waals surface area contributed by atoms with Gasteiger partial charge in [0.25, 0.3) is 0 Å². The second-order valence-corrected chi connectivity index (χ2v) is 9.13. The normalized spacial score (nSPS) is 23.5. The Kier molecular flexibility index (Phi) is 4.66. The number of rotatable bonds is 4. The molecule has 1 saturated carbocycles. The lowest BCUT2D eigenvalue weighted by atomic mass is 10.0. The first-order valence-electron chi connectivity index (χ1n) is 11.1. The molecule has 0 radical (unpaired) electrons. The number of alkyl halides is 3. The fourth-order valence-electron chi connectivity index (χ4n) is 4.78. The maximum absolute atomic E-state index is 12.9. The largest absolute Gasteiger partial charge is 0.472 e. The lowest BCUT2D eigenvalue weighted by molar-refractivity contribution is -0.137. The SMILES string of the molecule is O=C1NCC(c2cc(N3CC(Oc4ccc(C(F)(F)F)cn4)C4(CC4)C3)c3nccn3n2)C(=O)N1. The summed E-state index contributed by atoms with van der Waals surface area (Å²) in [5, 5.41) is 9.40. The van der Waals surface area contributed by atoms with Crippen molar-refractivity contribution in [2.75, 3.05) is 24.5 Å². The Balaban J connectivity index is 1.28. The summed E-state index contributed by atoms with van der Waals surface area (Å²) in [6.07, 6.45) is 1.20. The van der Waals surface area contributed by atoms with Crippen LogP contribution in [0, 0.1) is 5.41 Å². The highest BCUT2D eigenvalue weighted by atomic mass is 19.4. The number of nitrogens with zero attached hydrogens (tertiary/aromatic N) is 5. The van der Waals surface area contributed by atoms with E-state index in [9.17, 15) is 22.8 Å². The zero-order valence-corrected chi connectivity index (χ0v) is 18.2. The number of fused-ring (bicyclic) bond motifs is 1. The van der Waals surface area contributed by atoms with Crippen LogP contribution >= 0.6 is 0 Å². The molecule has 6 rings (SSSR count). The van der Waals surface area contributed by atoms with E-state index >= 15 is 0 Å². The number of imidazole rings is 1. The average Bonchev–Trinajstić information content (AvgIpc) is 3.27. The Morgan fingerprint density at radius 3 is 2.69 bits per heavy atom. The summed E-state index contributed by atoms with van der Waals surface area (Å²) in [6, 6.07) is 3.47. The summed E-state index contributed by atoms with van der Waals surface area (Å²) < 4.78 is 46.2. The van der Waals surface area contributed by atoms with Crippen molar-refractivity contribution in [1.29, 1.82) is 0 Å². The van der Waals surface area contributed by atoms with E-state index in [-0.39, 0.29) is 23.9 Å². The summed E-state index contributed by atoms with van der Waals surface area (Å²) >= 11 is 0. The first kappa shape index (κ1) is 21.6. The number of ether oxygens (including phenoxy) is 1. The Morgan fingerprint density at radius 2 is 2.00 bits per heavy atom. The predicted molar refractivity (Wildman–Crippen MR) is 115 cm³/mol. The minimum atomic E-state index is -4.46. The number of hydrogen-bond donors (Lipinski definition) is 2. The van der Waals surface area contributed by atoms with Crippen LogP contribution in [0.25, 0.3) is 5.65 Å². The van der Waals surface area contributed by atoms with E-state index in [0.717, 1.165) is 30.8 Å². The van der Waals surface area contributed by atoms with Crippen molar-refractivity contribution in [3.05, 3.63) is 48.0 Å². The number of nitrogens with one attached hydrogen (secondary N) is 2. The molecule has 10 nitrogen and oxygen atoms in total. The fourth-order valence-corrected chi connectivity index (χ4v) is 4.78. The van der Waals surface area contributed by atoms with Crippen LogP contribution in [-0.4, -0.2) is 57.3 Å². The van der Waals surface area contributed by atoms with Crippen molar-refractivity contribution in [2.24, 2.45) is 5.41 Å². The summed E-state index contributed by atoms with van der Waals surface area (Å²) in [6.45, 7) is 1.27. The van der Waals surface area contributed by atoms with E-state index in [4.69, 9.17) is 4.74 Å². The molecule has 3 amide bonds. The minimum Gasteiger partial charge on any atom is -0.472 e. The van der Waals surface area contributed by atoms with Crippen LogP contribution in [0.15, 0.2) is 36.8 Å². The molecule has 3 fully saturated rings. The third-order valence-corrected chi connectivity index (χ3v) is 6.87. The van der Waals surface area contributed by atoms with Crippen molar-refractivity contribution in [3.63, 3.8) is 0 Å². The van der Waals surface area contributed by atoms with Gasteiger partial charge in [0.05, 0.1) is 29.4 Å². The highest BCUT2D eigenvalue weighted by Crippen LogP contribution is 2.55. The predicted octanol–water partition coefficient (Wildman–Crippen LogP) is 2.11. The van der Waals surface area contributed by atoms with Gasteiger partial charge in [-0.1, -0.05) is 0 Å². The average molecular weight is 487 g/mol. The summed E-state index contributed by atoms with van der Waals surface area (Å²) in [7, 11) is 0. The zero-order valence-electron chi connectivity index (χ0n) is 18.2. The number of anilines is 1. The Morgan fingerprint density at radius 1 is 1.17 bits per heavy atom. The van der Waals surface area contributed by atoms with Crippen LogP contribution in [0.2, 0.25) is 0 Å². The number of imide groups is 1. The van der Waals surface area contributed by atoms with E-state index in [1.54, 1.807) is 23.0 Å². The van der Waals surface area contributed by atoms with E-state index in [1.807, 2.05) is 0 Å².